The van der Waals surface area contributed by atoms with Crippen LogP contribution in [0.4, 0.5) is 0 Å². The Morgan fingerprint density at radius 1 is 1.32 bits per heavy atom. The SMILES string of the molecule is COC(=O)[C@@H](NCc1ccc(OC)c(C)c1)C(C)C. The summed E-state index contributed by atoms with van der Waals surface area (Å²) in [5.74, 6) is 0.837. The minimum Gasteiger partial charge on any atom is -0.496 e. The lowest BCUT2D eigenvalue weighted by Crippen LogP contribution is -2.41. The van der Waals surface area contributed by atoms with Gasteiger partial charge in [0, 0.05) is 6.54 Å². The lowest BCUT2D eigenvalue weighted by atomic mass is 10.0. The summed E-state index contributed by atoms with van der Waals surface area (Å²) < 4.78 is 10.0. The highest BCUT2D eigenvalue weighted by molar-refractivity contribution is 5.75. The Morgan fingerprint density at radius 2 is 2.00 bits per heavy atom. The Kier molecular flexibility index (Phi) is 5.83. The summed E-state index contributed by atoms with van der Waals surface area (Å²) in [5, 5.41) is 3.24. The molecule has 0 spiro atoms. The first kappa shape index (κ1) is 15.5. The van der Waals surface area contributed by atoms with Crippen molar-refractivity contribution in [2.24, 2.45) is 5.92 Å². The zero-order valence-corrected chi connectivity index (χ0v) is 12.3. The maximum Gasteiger partial charge on any atom is 0.323 e. The second-order valence-corrected chi connectivity index (χ2v) is 4.93. The molecule has 0 aliphatic rings. The molecule has 0 bridgehead atoms. The molecule has 0 aromatic heterocycles. The molecule has 0 heterocycles. The van der Waals surface area contributed by atoms with Gasteiger partial charge in [-0.05, 0) is 30.0 Å². The van der Waals surface area contributed by atoms with Crippen LogP contribution < -0.4 is 10.1 Å². The van der Waals surface area contributed by atoms with Crippen LogP contribution in [0.3, 0.4) is 0 Å². The summed E-state index contributed by atoms with van der Waals surface area (Å²) in [5.41, 5.74) is 2.20. The fourth-order valence-electron chi connectivity index (χ4n) is 2.00. The van der Waals surface area contributed by atoms with E-state index in [0.29, 0.717) is 6.54 Å². The first-order valence-electron chi connectivity index (χ1n) is 6.44. The molecule has 1 atom stereocenters. The monoisotopic (exact) mass is 265 g/mol. The molecule has 4 nitrogen and oxygen atoms in total. The van der Waals surface area contributed by atoms with Crippen LogP contribution in [0.2, 0.25) is 0 Å². The van der Waals surface area contributed by atoms with Crippen LogP contribution in [0.5, 0.6) is 5.75 Å². The van der Waals surface area contributed by atoms with Crippen LogP contribution in [0.25, 0.3) is 0 Å². The van der Waals surface area contributed by atoms with Crippen molar-refractivity contribution in [1.82, 2.24) is 5.32 Å². The molecule has 1 N–H and O–H groups in total. The molecule has 106 valence electrons. The van der Waals surface area contributed by atoms with E-state index in [0.717, 1.165) is 16.9 Å². The van der Waals surface area contributed by atoms with Gasteiger partial charge in [0.25, 0.3) is 0 Å². The van der Waals surface area contributed by atoms with E-state index in [1.807, 2.05) is 32.9 Å². The van der Waals surface area contributed by atoms with Crippen LogP contribution in [0.1, 0.15) is 25.0 Å². The molecule has 0 amide bonds. The van der Waals surface area contributed by atoms with Crippen molar-refractivity contribution in [3.63, 3.8) is 0 Å². The second-order valence-electron chi connectivity index (χ2n) is 4.93. The molecule has 0 radical (unpaired) electrons. The van der Waals surface area contributed by atoms with Crippen LogP contribution in [0, 0.1) is 12.8 Å². The highest BCUT2D eigenvalue weighted by Gasteiger charge is 2.22. The van der Waals surface area contributed by atoms with E-state index < -0.39 is 0 Å². The first-order chi connectivity index (χ1) is 8.99. The largest absolute Gasteiger partial charge is 0.496 e. The number of hydrogen-bond acceptors (Lipinski definition) is 4. The van der Waals surface area contributed by atoms with E-state index in [-0.39, 0.29) is 17.9 Å². The Morgan fingerprint density at radius 3 is 2.47 bits per heavy atom. The number of ether oxygens (including phenoxy) is 2. The molecular formula is C15H23NO3. The van der Waals surface area contributed by atoms with Crippen LogP contribution in [-0.2, 0) is 16.1 Å². The molecule has 0 aliphatic carbocycles. The van der Waals surface area contributed by atoms with Gasteiger partial charge in [-0.15, -0.1) is 0 Å². The Hall–Kier alpha value is -1.55. The number of rotatable bonds is 6. The molecule has 1 aromatic carbocycles. The van der Waals surface area contributed by atoms with Gasteiger partial charge in [-0.2, -0.15) is 0 Å². The molecule has 4 heteroatoms. The quantitative estimate of drug-likeness (QED) is 0.802. The van der Waals surface area contributed by atoms with Gasteiger partial charge in [0.1, 0.15) is 11.8 Å². The maximum atomic E-state index is 11.6. The van der Waals surface area contributed by atoms with Crippen molar-refractivity contribution in [1.29, 1.82) is 0 Å². The van der Waals surface area contributed by atoms with Crippen molar-refractivity contribution < 1.29 is 14.3 Å². The second kappa shape index (κ2) is 7.14. The molecular weight excluding hydrogens is 242 g/mol. The zero-order chi connectivity index (χ0) is 14.4. The normalized spacial score (nSPS) is 12.3. The highest BCUT2D eigenvalue weighted by Crippen LogP contribution is 2.18. The van der Waals surface area contributed by atoms with E-state index in [9.17, 15) is 4.79 Å². The van der Waals surface area contributed by atoms with Gasteiger partial charge in [-0.1, -0.05) is 26.0 Å². The lowest BCUT2D eigenvalue weighted by Gasteiger charge is -2.20. The topological polar surface area (TPSA) is 47.6 Å². The third kappa shape index (κ3) is 4.24. The van der Waals surface area contributed by atoms with E-state index >= 15 is 0 Å². The third-order valence-corrected chi connectivity index (χ3v) is 3.11. The minimum atomic E-state index is -0.285. The molecule has 0 aliphatic heterocycles. The summed E-state index contributed by atoms with van der Waals surface area (Å²) in [7, 11) is 3.07. The Labute approximate surface area is 115 Å². The lowest BCUT2D eigenvalue weighted by molar-refractivity contribution is -0.144. The molecule has 0 saturated heterocycles. The molecule has 0 saturated carbocycles. The Bertz CT molecular complexity index is 429. The van der Waals surface area contributed by atoms with Crippen molar-refractivity contribution >= 4 is 5.97 Å². The van der Waals surface area contributed by atoms with E-state index in [2.05, 4.69) is 11.4 Å². The minimum absolute atomic E-state index is 0.187. The molecule has 0 fully saturated rings. The number of aryl methyl sites for hydroxylation is 1. The zero-order valence-electron chi connectivity index (χ0n) is 12.3. The maximum absolute atomic E-state index is 11.6. The fourth-order valence-corrected chi connectivity index (χ4v) is 2.00. The van der Waals surface area contributed by atoms with Crippen molar-refractivity contribution in [2.45, 2.75) is 33.4 Å². The van der Waals surface area contributed by atoms with E-state index in [4.69, 9.17) is 9.47 Å². The molecule has 0 unspecified atom stereocenters. The van der Waals surface area contributed by atoms with Crippen molar-refractivity contribution in [3.8, 4) is 5.75 Å². The predicted molar refractivity (Wildman–Crippen MR) is 75.2 cm³/mol. The number of esters is 1. The fraction of sp³-hybridized carbons (Fsp3) is 0.533. The molecule has 1 aromatic rings. The van der Waals surface area contributed by atoms with Crippen molar-refractivity contribution in [2.75, 3.05) is 14.2 Å². The number of carbonyl (C=O) groups excluding carboxylic acids is 1. The highest BCUT2D eigenvalue weighted by atomic mass is 16.5. The van der Waals surface area contributed by atoms with Crippen LogP contribution in [-0.4, -0.2) is 26.2 Å². The molecule has 19 heavy (non-hydrogen) atoms. The van der Waals surface area contributed by atoms with E-state index in [1.54, 1.807) is 7.11 Å². The van der Waals surface area contributed by atoms with Gasteiger partial charge in [0.15, 0.2) is 0 Å². The average Bonchev–Trinajstić information content (AvgIpc) is 2.38. The van der Waals surface area contributed by atoms with Gasteiger partial charge in [-0.3, -0.25) is 4.79 Å². The summed E-state index contributed by atoms with van der Waals surface area (Å²) >= 11 is 0. The summed E-state index contributed by atoms with van der Waals surface area (Å²) in [6.07, 6.45) is 0. The summed E-state index contributed by atoms with van der Waals surface area (Å²) in [6.45, 7) is 6.62. The Balaban J connectivity index is 2.69. The molecule has 1 rings (SSSR count). The smallest absolute Gasteiger partial charge is 0.323 e. The predicted octanol–water partition coefficient (Wildman–Crippen LogP) is 2.29. The van der Waals surface area contributed by atoms with Gasteiger partial charge >= 0.3 is 5.97 Å². The number of carbonyl (C=O) groups is 1. The third-order valence-electron chi connectivity index (χ3n) is 3.11. The number of benzene rings is 1. The van der Waals surface area contributed by atoms with Crippen LogP contribution in [0.15, 0.2) is 18.2 Å². The standard InChI is InChI=1S/C15H23NO3/c1-10(2)14(15(17)19-5)16-9-12-6-7-13(18-4)11(3)8-12/h6-8,10,14,16H,9H2,1-5H3/t14-/m0/s1. The first-order valence-corrected chi connectivity index (χ1v) is 6.44. The van der Waals surface area contributed by atoms with Gasteiger partial charge < -0.3 is 14.8 Å². The van der Waals surface area contributed by atoms with Gasteiger partial charge in [-0.25, -0.2) is 0 Å². The average molecular weight is 265 g/mol. The van der Waals surface area contributed by atoms with Gasteiger partial charge in [0.05, 0.1) is 14.2 Å². The van der Waals surface area contributed by atoms with Gasteiger partial charge in [0.2, 0.25) is 0 Å². The summed E-state index contributed by atoms with van der Waals surface area (Å²) in [4.78, 5) is 11.6. The van der Waals surface area contributed by atoms with Crippen LogP contribution >= 0.6 is 0 Å². The summed E-state index contributed by atoms with van der Waals surface area (Å²) in [6, 6.07) is 5.70. The number of nitrogens with one attached hydrogen (secondary N) is 1. The number of methoxy groups -OCH3 is 2. The van der Waals surface area contributed by atoms with E-state index in [1.165, 1.54) is 7.11 Å². The number of hydrogen-bond donors (Lipinski definition) is 1. The van der Waals surface area contributed by atoms with Crippen molar-refractivity contribution in [3.05, 3.63) is 29.3 Å².